The summed E-state index contributed by atoms with van der Waals surface area (Å²) in [4.78, 5) is 31.3. The highest BCUT2D eigenvalue weighted by molar-refractivity contribution is 5.95. The van der Waals surface area contributed by atoms with E-state index >= 15 is 0 Å². The number of carbonyl (C=O) groups is 1. The number of rotatable bonds is 3. The average Bonchev–Trinajstić information content (AvgIpc) is 3.34. The molecule has 2 aliphatic rings. The number of alkyl halides is 2. The third-order valence-electron chi connectivity index (χ3n) is 6.11. The number of halogens is 2. The highest BCUT2D eigenvalue weighted by atomic mass is 19.3. The molecule has 5 rings (SSSR count). The van der Waals surface area contributed by atoms with Gasteiger partial charge in [0, 0.05) is 38.8 Å². The number of aromatic amines is 1. The van der Waals surface area contributed by atoms with Crippen LogP contribution in [0.1, 0.15) is 28.9 Å². The van der Waals surface area contributed by atoms with Crippen LogP contribution in [0.3, 0.4) is 0 Å². The molecule has 0 spiro atoms. The van der Waals surface area contributed by atoms with Crippen LogP contribution in [0.25, 0.3) is 11.5 Å². The standard InChI is InChI=1S/C19H21F2N7O2/c1-12-13(11-22-28(12)18-23-16(29)14-3-2-6-27(14)24-18)17(30)26-9-7-25(8-10-26)15-4-5-19(15,20)21/h2-3,6,11,15H,4-5,7-10H2,1H3,(H,23,24,29). The lowest BCUT2D eigenvalue weighted by atomic mass is 9.86. The number of hydrogen-bond acceptors (Lipinski definition) is 5. The number of aromatic nitrogens is 5. The zero-order chi connectivity index (χ0) is 21.0. The van der Waals surface area contributed by atoms with Gasteiger partial charge in [-0.15, -0.1) is 5.10 Å². The Morgan fingerprint density at radius 3 is 2.70 bits per heavy atom. The second-order valence-electron chi connectivity index (χ2n) is 7.81. The third kappa shape index (κ3) is 2.92. The van der Waals surface area contributed by atoms with Crippen molar-refractivity contribution in [2.24, 2.45) is 0 Å². The summed E-state index contributed by atoms with van der Waals surface area (Å²) < 4.78 is 30.2. The predicted octanol–water partition coefficient (Wildman–Crippen LogP) is 1.07. The molecule has 30 heavy (non-hydrogen) atoms. The number of H-pyrrole nitrogens is 1. The summed E-state index contributed by atoms with van der Waals surface area (Å²) in [6, 6.07) is 2.66. The minimum atomic E-state index is -2.62. The third-order valence-corrected chi connectivity index (χ3v) is 6.11. The normalized spacial score (nSPS) is 21.7. The average molecular weight is 417 g/mol. The van der Waals surface area contributed by atoms with Crippen molar-refractivity contribution in [2.75, 3.05) is 26.2 Å². The zero-order valence-electron chi connectivity index (χ0n) is 16.4. The van der Waals surface area contributed by atoms with Crippen LogP contribution < -0.4 is 5.56 Å². The van der Waals surface area contributed by atoms with E-state index in [-0.39, 0.29) is 23.8 Å². The molecule has 4 heterocycles. The van der Waals surface area contributed by atoms with Gasteiger partial charge in [0.1, 0.15) is 5.52 Å². The minimum absolute atomic E-state index is 0.0554. The largest absolute Gasteiger partial charge is 0.336 e. The number of amides is 1. The highest BCUT2D eigenvalue weighted by Gasteiger charge is 2.51. The van der Waals surface area contributed by atoms with Crippen LogP contribution in [-0.4, -0.2) is 78.2 Å². The Morgan fingerprint density at radius 2 is 2.03 bits per heavy atom. The van der Waals surface area contributed by atoms with E-state index in [1.165, 1.54) is 15.4 Å². The number of nitrogens with zero attached hydrogens (tertiary/aromatic N) is 6. The molecule has 3 aromatic rings. The fourth-order valence-corrected chi connectivity index (χ4v) is 4.21. The lowest BCUT2D eigenvalue weighted by Crippen LogP contribution is -2.60. The van der Waals surface area contributed by atoms with E-state index in [1.807, 2.05) is 0 Å². The Morgan fingerprint density at radius 1 is 1.27 bits per heavy atom. The lowest BCUT2D eigenvalue weighted by molar-refractivity contribution is -0.154. The summed E-state index contributed by atoms with van der Waals surface area (Å²) in [6.07, 6.45) is 3.55. The van der Waals surface area contributed by atoms with Gasteiger partial charge >= 0.3 is 0 Å². The van der Waals surface area contributed by atoms with Crippen LogP contribution in [-0.2, 0) is 0 Å². The molecular formula is C19H21F2N7O2. The van der Waals surface area contributed by atoms with E-state index in [9.17, 15) is 18.4 Å². The monoisotopic (exact) mass is 417 g/mol. The number of hydrogen-bond donors (Lipinski definition) is 1. The Hall–Kier alpha value is -3.08. The first-order valence-electron chi connectivity index (χ1n) is 9.89. The van der Waals surface area contributed by atoms with Gasteiger partial charge < -0.3 is 4.90 Å². The number of piperazine rings is 1. The van der Waals surface area contributed by atoms with E-state index in [4.69, 9.17) is 0 Å². The van der Waals surface area contributed by atoms with E-state index < -0.39 is 12.0 Å². The van der Waals surface area contributed by atoms with Crippen molar-refractivity contribution in [1.29, 1.82) is 0 Å². The molecule has 1 N–H and O–H groups in total. The molecule has 0 radical (unpaired) electrons. The molecule has 1 saturated heterocycles. The molecule has 9 nitrogen and oxygen atoms in total. The summed E-state index contributed by atoms with van der Waals surface area (Å²) >= 11 is 0. The molecule has 3 aromatic heterocycles. The van der Waals surface area contributed by atoms with E-state index in [2.05, 4.69) is 15.2 Å². The first-order valence-corrected chi connectivity index (χ1v) is 9.89. The molecule has 1 aliphatic carbocycles. The Kier molecular flexibility index (Phi) is 4.24. The van der Waals surface area contributed by atoms with Crippen molar-refractivity contribution in [3.05, 3.63) is 46.1 Å². The number of nitrogens with one attached hydrogen (secondary N) is 1. The van der Waals surface area contributed by atoms with Crippen LogP contribution in [0.4, 0.5) is 8.78 Å². The molecule has 1 aliphatic heterocycles. The van der Waals surface area contributed by atoms with E-state index in [0.717, 1.165) is 0 Å². The maximum absolute atomic E-state index is 13.7. The van der Waals surface area contributed by atoms with Gasteiger partial charge in [0.25, 0.3) is 17.4 Å². The van der Waals surface area contributed by atoms with Crippen molar-refractivity contribution >= 4 is 11.4 Å². The summed E-state index contributed by atoms with van der Waals surface area (Å²) in [5, 5.41) is 8.56. The van der Waals surface area contributed by atoms with E-state index in [1.54, 1.807) is 35.1 Å². The second-order valence-corrected chi connectivity index (χ2v) is 7.81. The van der Waals surface area contributed by atoms with Crippen molar-refractivity contribution in [1.82, 2.24) is 34.2 Å². The fraction of sp³-hybridized carbons (Fsp3) is 0.474. The van der Waals surface area contributed by atoms with Gasteiger partial charge in [-0.3, -0.25) is 19.5 Å². The molecule has 1 saturated carbocycles. The predicted molar refractivity (Wildman–Crippen MR) is 103 cm³/mol. The van der Waals surface area contributed by atoms with Crippen molar-refractivity contribution < 1.29 is 13.6 Å². The van der Waals surface area contributed by atoms with Crippen LogP contribution >= 0.6 is 0 Å². The van der Waals surface area contributed by atoms with Crippen molar-refractivity contribution in [3.63, 3.8) is 0 Å². The summed E-state index contributed by atoms with van der Waals surface area (Å²) in [7, 11) is 0. The van der Waals surface area contributed by atoms with Crippen LogP contribution in [0.5, 0.6) is 0 Å². The summed E-state index contributed by atoms with van der Waals surface area (Å²) in [5.74, 6) is -2.62. The lowest BCUT2D eigenvalue weighted by Gasteiger charge is -2.47. The van der Waals surface area contributed by atoms with Gasteiger partial charge in [-0.25, -0.2) is 18.0 Å². The van der Waals surface area contributed by atoms with Crippen LogP contribution in [0, 0.1) is 6.92 Å². The van der Waals surface area contributed by atoms with Crippen LogP contribution in [0.2, 0.25) is 0 Å². The van der Waals surface area contributed by atoms with Gasteiger partial charge in [0.05, 0.1) is 23.5 Å². The first kappa shape index (κ1) is 18.9. The molecule has 1 amide bonds. The first-order chi connectivity index (χ1) is 14.3. The quantitative estimate of drug-likeness (QED) is 0.689. The van der Waals surface area contributed by atoms with Crippen molar-refractivity contribution in [2.45, 2.75) is 31.7 Å². The van der Waals surface area contributed by atoms with E-state index in [0.29, 0.717) is 49.4 Å². The fourth-order valence-electron chi connectivity index (χ4n) is 4.21. The molecular weight excluding hydrogens is 396 g/mol. The Bertz CT molecular complexity index is 1170. The minimum Gasteiger partial charge on any atom is -0.336 e. The topological polar surface area (TPSA) is 91.5 Å². The molecule has 0 aromatic carbocycles. The smallest absolute Gasteiger partial charge is 0.276 e. The Balaban J connectivity index is 1.34. The number of carbonyl (C=O) groups excluding carboxylic acids is 1. The SMILES string of the molecule is Cc1c(C(=O)N2CCN(C3CCC3(F)F)CC2)cnn1-c1nn2cccc2c(=O)[nH]1. The van der Waals surface area contributed by atoms with Gasteiger partial charge in [-0.05, 0) is 25.5 Å². The van der Waals surface area contributed by atoms with Gasteiger partial charge in [0.2, 0.25) is 5.95 Å². The molecule has 0 bridgehead atoms. The van der Waals surface area contributed by atoms with Gasteiger partial charge in [0.15, 0.2) is 0 Å². The maximum atomic E-state index is 13.7. The maximum Gasteiger partial charge on any atom is 0.276 e. The Labute approximate surface area is 169 Å². The summed E-state index contributed by atoms with van der Waals surface area (Å²) in [6.45, 7) is 3.36. The molecule has 158 valence electrons. The molecule has 1 unspecified atom stereocenters. The second kappa shape index (κ2) is 6.73. The van der Waals surface area contributed by atoms with Gasteiger partial charge in [-0.1, -0.05) is 0 Å². The molecule has 1 atom stereocenters. The zero-order valence-corrected chi connectivity index (χ0v) is 16.4. The molecule has 11 heteroatoms. The summed E-state index contributed by atoms with van der Waals surface area (Å²) in [5.41, 5.74) is 1.04. The van der Waals surface area contributed by atoms with Gasteiger partial charge in [-0.2, -0.15) is 5.10 Å². The number of fused-ring (bicyclic) bond motifs is 1. The van der Waals surface area contributed by atoms with Crippen LogP contribution in [0.15, 0.2) is 29.3 Å². The highest BCUT2D eigenvalue weighted by Crippen LogP contribution is 2.41. The molecule has 2 fully saturated rings. The van der Waals surface area contributed by atoms with Crippen molar-refractivity contribution in [3.8, 4) is 5.95 Å².